The number of amides is 2. The van der Waals surface area contributed by atoms with E-state index in [9.17, 15) is 27.2 Å². The van der Waals surface area contributed by atoms with Crippen molar-refractivity contribution >= 4 is 17.5 Å². The molecule has 1 aliphatic heterocycles. The standard InChI is InChI=1S/C11H8F4N2O2/c12-8-2-1-6(3-7(8)11(13,14)15)17-5-9(18)16-4-10(17)19/h1-3H,4-5H2,(H,16,18). The van der Waals surface area contributed by atoms with Gasteiger partial charge in [0.05, 0.1) is 12.1 Å². The van der Waals surface area contributed by atoms with Crippen LogP contribution in [0.4, 0.5) is 23.2 Å². The first-order valence-electron chi connectivity index (χ1n) is 5.23. The summed E-state index contributed by atoms with van der Waals surface area (Å²) in [5.41, 5.74) is -1.63. The van der Waals surface area contributed by atoms with E-state index in [1.165, 1.54) is 0 Å². The smallest absolute Gasteiger partial charge is 0.345 e. The maximum atomic E-state index is 13.1. The van der Waals surface area contributed by atoms with Gasteiger partial charge in [-0.15, -0.1) is 0 Å². The second-order valence-corrected chi connectivity index (χ2v) is 3.92. The molecule has 0 unspecified atom stereocenters. The highest BCUT2D eigenvalue weighted by Crippen LogP contribution is 2.34. The molecule has 0 saturated carbocycles. The fourth-order valence-corrected chi connectivity index (χ4v) is 1.69. The van der Waals surface area contributed by atoms with Crippen LogP contribution < -0.4 is 10.2 Å². The van der Waals surface area contributed by atoms with Gasteiger partial charge in [-0.3, -0.25) is 9.59 Å². The fraction of sp³-hybridized carbons (Fsp3) is 0.273. The maximum Gasteiger partial charge on any atom is 0.419 e. The molecule has 8 heteroatoms. The summed E-state index contributed by atoms with van der Waals surface area (Å²) in [7, 11) is 0. The molecule has 0 aromatic heterocycles. The van der Waals surface area contributed by atoms with E-state index in [4.69, 9.17) is 0 Å². The highest BCUT2D eigenvalue weighted by molar-refractivity contribution is 6.04. The molecule has 1 heterocycles. The summed E-state index contributed by atoms with van der Waals surface area (Å²) in [6.45, 7) is -0.681. The molecule has 4 nitrogen and oxygen atoms in total. The third-order valence-electron chi connectivity index (χ3n) is 2.61. The second-order valence-electron chi connectivity index (χ2n) is 3.92. The SMILES string of the molecule is O=C1CN(c2ccc(F)c(C(F)(F)F)c2)C(=O)CN1. The van der Waals surface area contributed by atoms with E-state index in [1.54, 1.807) is 0 Å². The van der Waals surface area contributed by atoms with Gasteiger partial charge in [-0.1, -0.05) is 0 Å². The van der Waals surface area contributed by atoms with Gasteiger partial charge in [-0.25, -0.2) is 4.39 Å². The van der Waals surface area contributed by atoms with Gasteiger partial charge in [-0.05, 0) is 18.2 Å². The van der Waals surface area contributed by atoms with E-state index >= 15 is 0 Å². The number of nitrogens with zero attached hydrogens (tertiary/aromatic N) is 1. The Hall–Kier alpha value is -2.12. The minimum absolute atomic E-state index is 0.159. The van der Waals surface area contributed by atoms with Crippen molar-refractivity contribution in [3.05, 3.63) is 29.6 Å². The zero-order chi connectivity index (χ0) is 14.2. The summed E-state index contributed by atoms with van der Waals surface area (Å²) in [6.07, 6.45) is -4.86. The van der Waals surface area contributed by atoms with Crippen molar-refractivity contribution in [2.45, 2.75) is 6.18 Å². The van der Waals surface area contributed by atoms with E-state index in [1.807, 2.05) is 0 Å². The number of hydrogen-bond donors (Lipinski definition) is 1. The first-order chi connectivity index (χ1) is 8.79. The van der Waals surface area contributed by atoms with Crippen molar-refractivity contribution in [2.75, 3.05) is 18.0 Å². The van der Waals surface area contributed by atoms with Gasteiger partial charge in [0, 0.05) is 5.69 Å². The minimum atomic E-state index is -4.86. The lowest BCUT2D eigenvalue weighted by Crippen LogP contribution is -2.51. The van der Waals surface area contributed by atoms with Crippen LogP contribution >= 0.6 is 0 Å². The monoisotopic (exact) mass is 276 g/mol. The number of anilines is 1. The largest absolute Gasteiger partial charge is 0.419 e. The van der Waals surface area contributed by atoms with Crippen LogP contribution in [0.1, 0.15) is 5.56 Å². The summed E-state index contributed by atoms with van der Waals surface area (Å²) in [6, 6.07) is 2.17. The average Bonchev–Trinajstić information content (AvgIpc) is 2.31. The van der Waals surface area contributed by atoms with E-state index in [0.29, 0.717) is 12.1 Å². The third-order valence-corrected chi connectivity index (χ3v) is 2.61. The van der Waals surface area contributed by atoms with Crippen LogP contribution in [-0.4, -0.2) is 24.9 Å². The first kappa shape index (κ1) is 13.3. The molecule has 1 N–H and O–H groups in total. The molecule has 2 rings (SSSR count). The first-order valence-corrected chi connectivity index (χ1v) is 5.23. The van der Waals surface area contributed by atoms with Crippen molar-refractivity contribution in [1.82, 2.24) is 5.32 Å². The third kappa shape index (κ3) is 2.67. The predicted octanol–water partition coefficient (Wildman–Crippen LogP) is 1.31. The van der Waals surface area contributed by atoms with Crippen LogP contribution in [0.25, 0.3) is 0 Å². The molecule has 0 atom stereocenters. The molecule has 1 saturated heterocycles. The Bertz CT molecular complexity index is 542. The number of carbonyl (C=O) groups excluding carboxylic acids is 2. The van der Waals surface area contributed by atoms with E-state index < -0.39 is 29.4 Å². The zero-order valence-corrected chi connectivity index (χ0v) is 9.42. The van der Waals surface area contributed by atoms with Crippen molar-refractivity contribution in [3.8, 4) is 0 Å². The maximum absolute atomic E-state index is 13.1. The quantitative estimate of drug-likeness (QED) is 0.786. The minimum Gasteiger partial charge on any atom is -0.345 e. The van der Waals surface area contributed by atoms with Gasteiger partial charge in [0.25, 0.3) is 0 Å². The Morgan fingerprint density at radius 3 is 2.53 bits per heavy atom. The average molecular weight is 276 g/mol. The Labute approximate surface area is 105 Å². The molecular weight excluding hydrogens is 268 g/mol. The topological polar surface area (TPSA) is 49.4 Å². The van der Waals surface area contributed by atoms with Gasteiger partial charge in [0.2, 0.25) is 11.8 Å². The Morgan fingerprint density at radius 1 is 1.21 bits per heavy atom. The molecule has 0 radical (unpaired) electrons. The molecule has 1 fully saturated rings. The molecule has 1 aromatic rings. The number of benzene rings is 1. The number of alkyl halides is 3. The van der Waals surface area contributed by atoms with Crippen LogP contribution in [0.15, 0.2) is 18.2 Å². The molecule has 19 heavy (non-hydrogen) atoms. The van der Waals surface area contributed by atoms with Crippen molar-refractivity contribution in [1.29, 1.82) is 0 Å². The van der Waals surface area contributed by atoms with Crippen molar-refractivity contribution in [2.24, 2.45) is 0 Å². The molecule has 0 spiro atoms. The number of halogens is 4. The fourth-order valence-electron chi connectivity index (χ4n) is 1.69. The Kier molecular flexibility index (Phi) is 3.17. The lowest BCUT2D eigenvalue weighted by molar-refractivity contribution is -0.140. The van der Waals surface area contributed by atoms with Gasteiger partial charge in [-0.2, -0.15) is 13.2 Å². The summed E-state index contributed by atoms with van der Waals surface area (Å²) in [5, 5.41) is 2.26. The highest BCUT2D eigenvalue weighted by atomic mass is 19.4. The van der Waals surface area contributed by atoms with Crippen LogP contribution in [0.5, 0.6) is 0 Å². The Balaban J connectivity index is 2.40. The molecule has 2 amide bonds. The number of piperazine rings is 1. The second kappa shape index (κ2) is 4.52. The molecule has 1 aromatic carbocycles. The van der Waals surface area contributed by atoms with Crippen LogP contribution in [0.2, 0.25) is 0 Å². The summed E-state index contributed by atoms with van der Waals surface area (Å²) >= 11 is 0. The number of hydrogen-bond acceptors (Lipinski definition) is 2. The van der Waals surface area contributed by atoms with Gasteiger partial charge >= 0.3 is 6.18 Å². The number of nitrogens with one attached hydrogen (secondary N) is 1. The summed E-state index contributed by atoms with van der Waals surface area (Å²) in [5.74, 6) is -2.47. The zero-order valence-electron chi connectivity index (χ0n) is 9.42. The van der Waals surface area contributed by atoms with Crippen LogP contribution in [-0.2, 0) is 15.8 Å². The molecule has 102 valence electrons. The molecule has 1 aliphatic rings. The highest BCUT2D eigenvalue weighted by Gasteiger charge is 2.35. The molecule has 0 bridgehead atoms. The molecular formula is C11H8F4N2O2. The predicted molar refractivity (Wildman–Crippen MR) is 56.8 cm³/mol. The van der Waals surface area contributed by atoms with Crippen molar-refractivity contribution < 1.29 is 27.2 Å². The van der Waals surface area contributed by atoms with Crippen LogP contribution in [0.3, 0.4) is 0 Å². The lowest BCUT2D eigenvalue weighted by atomic mass is 10.1. The summed E-state index contributed by atoms with van der Waals surface area (Å²) in [4.78, 5) is 23.5. The van der Waals surface area contributed by atoms with Gasteiger partial charge in [0.1, 0.15) is 12.4 Å². The number of rotatable bonds is 1. The van der Waals surface area contributed by atoms with Crippen molar-refractivity contribution in [3.63, 3.8) is 0 Å². The van der Waals surface area contributed by atoms with E-state index in [0.717, 1.165) is 11.0 Å². The molecule has 0 aliphatic carbocycles. The number of carbonyl (C=O) groups is 2. The Morgan fingerprint density at radius 2 is 1.89 bits per heavy atom. The van der Waals surface area contributed by atoms with E-state index in [2.05, 4.69) is 5.32 Å². The van der Waals surface area contributed by atoms with Crippen LogP contribution in [0, 0.1) is 5.82 Å². The lowest BCUT2D eigenvalue weighted by Gasteiger charge is -2.27. The van der Waals surface area contributed by atoms with Gasteiger partial charge in [0.15, 0.2) is 0 Å². The van der Waals surface area contributed by atoms with E-state index in [-0.39, 0.29) is 18.8 Å². The van der Waals surface area contributed by atoms with Gasteiger partial charge < -0.3 is 10.2 Å². The summed E-state index contributed by atoms with van der Waals surface area (Å²) < 4.78 is 50.7. The normalized spacial score (nSPS) is 16.5.